The van der Waals surface area contributed by atoms with E-state index in [-0.39, 0.29) is 42.1 Å². The number of thiazole rings is 1. The third-order valence-electron chi connectivity index (χ3n) is 7.74. The Morgan fingerprint density at radius 3 is 2.55 bits per heavy atom. The molecule has 0 aliphatic carbocycles. The molecule has 38 heavy (non-hydrogen) atoms. The van der Waals surface area contributed by atoms with Crippen LogP contribution >= 0.6 is 11.3 Å². The van der Waals surface area contributed by atoms with E-state index in [1.165, 1.54) is 0 Å². The Morgan fingerprint density at radius 1 is 1.16 bits per heavy atom. The van der Waals surface area contributed by atoms with Crippen molar-refractivity contribution in [2.45, 2.75) is 45.4 Å². The summed E-state index contributed by atoms with van der Waals surface area (Å²) in [5.41, 5.74) is 2.33. The topological polar surface area (TPSA) is 95.1 Å². The van der Waals surface area contributed by atoms with Crippen LogP contribution in [0.25, 0.3) is 11.3 Å². The van der Waals surface area contributed by atoms with E-state index in [4.69, 9.17) is 9.72 Å². The number of carbonyl (C=O) groups excluding carboxylic acids is 3. The summed E-state index contributed by atoms with van der Waals surface area (Å²) in [6.45, 7) is 10.5. The van der Waals surface area contributed by atoms with Crippen molar-refractivity contribution in [3.05, 3.63) is 35.2 Å². The Labute approximate surface area is 228 Å². The molecule has 3 fully saturated rings. The zero-order chi connectivity index (χ0) is 27.0. The Bertz CT molecular complexity index is 1170. The molecule has 1 unspecified atom stereocenters. The van der Waals surface area contributed by atoms with Crippen molar-refractivity contribution in [2.24, 2.45) is 11.8 Å². The maximum Gasteiger partial charge on any atom is 0.251 e. The highest BCUT2D eigenvalue weighted by atomic mass is 32.1. The van der Waals surface area contributed by atoms with Crippen LogP contribution in [0.1, 0.15) is 37.6 Å². The van der Waals surface area contributed by atoms with E-state index in [0.29, 0.717) is 18.5 Å². The molecule has 3 aliphatic heterocycles. The molecule has 1 aromatic carbocycles. The lowest BCUT2D eigenvalue weighted by atomic mass is 10.0. The lowest BCUT2D eigenvalue weighted by Crippen LogP contribution is -2.52. The van der Waals surface area contributed by atoms with Gasteiger partial charge in [-0.15, -0.1) is 11.3 Å². The van der Waals surface area contributed by atoms with Gasteiger partial charge in [0, 0.05) is 55.1 Å². The lowest BCUT2D eigenvalue weighted by Gasteiger charge is -2.32. The quantitative estimate of drug-likeness (QED) is 0.578. The monoisotopic (exact) mass is 539 g/mol. The summed E-state index contributed by atoms with van der Waals surface area (Å²) >= 11 is 1.64. The van der Waals surface area contributed by atoms with Crippen molar-refractivity contribution in [3.8, 4) is 11.3 Å². The first-order chi connectivity index (χ1) is 18.2. The number of hydrogen-bond acceptors (Lipinski definition) is 8. The molecule has 204 valence electrons. The fraction of sp³-hybridized carbons (Fsp3) is 0.571. The Hall–Kier alpha value is -2.82. The Balaban J connectivity index is 1.26. The van der Waals surface area contributed by atoms with Gasteiger partial charge >= 0.3 is 0 Å². The number of aromatic nitrogens is 1. The maximum absolute atomic E-state index is 13.6. The van der Waals surface area contributed by atoms with Crippen LogP contribution in [-0.4, -0.2) is 96.9 Å². The number of nitrogens with one attached hydrogen (secondary N) is 1. The average molecular weight is 540 g/mol. The number of ether oxygens (including phenoxy) is 1. The van der Waals surface area contributed by atoms with Gasteiger partial charge in [0.05, 0.1) is 11.8 Å². The van der Waals surface area contributed by atoms with Crippen LogP contribution in [0.4, 0.5) is 5.13 Å². The van der Waals surface area contributed by atoms with Crippen molar-refractivity contribution in [1.29, 1.82) is 0 Å². The number of anilines is 1. The van der Waals surface area contributed by atoms with Crippen LogP contribution in [0.3, 0.4) is 0 Å². The molecule has 0 spiro atoms. The second-order valence-corrected chi connectivity index (χ2v) is 12.0. The minimum Gasteiger partial charge on any atom is -0.367 e. The first-order valence-corrected chi connectivity index (χ1v) is 14.3. The molecule has 2 aromatic rings. The van der Waals surface area contributed by atoms with Crippen LogP contribution in [0.15, 0.2) is 29.6 Å². The second-order valence-electron chi connectivity index (χ2n) is 11.2. The highest BCUT2D eigenvalue weighted by Crippen LogP contribution is 2.32. The van der Waals surface area contributed by atoms with Crippen LogP contribution in [0.2, 0.25) is 0 Å². The maximum atomic E-state index is 13.6. The summed E-state index contributed by atoms with van der Waals surface area (Å²) in [5.74, 6) is -0.292. The number of fused-ring (bicyclic) bond motifs is 1. The third-order valence-corrected chi connectivity index (χ3v) is 8.64. The van der Waals surface area contributed by atoms with E-state index in [9.17, 15) is 14.4 Å². The normalized spacial score (nSPS) is 24.7. The SMILES string of the molecule is CC(C)CC(NC(=O)c1ccc(-c2csc(N3CCN(C)CC3)n2)cc1)C(=O)N1C[C@H](C)[C@H]2OCC(=O)[C@H]21. The summed E-state index contributed by atoms with van der Waals surface area (Å²) in [6, 6.07) is 6.11. The summed E-state index contributed by atoms with van der Waals surface area (Å²) in [5, 5.41) is 6.03. The predicted octanol–water partition coefficient (Wildman–Crippen LogP) is 2.52. The van der Waals surface area contributed by atoms with Crippen molar-refractivity contribution in [2.75, 3.05) is 51.3 Å². The Morgan fingerprint density at radius 2 is 1.87 bits per heavy atom. The molecule has 2 amide bonds. The smallest absolute Gasteiger partial charge is 0.251 e. The van der Waals surface area contributed by atoms with Crippen molar-refractivity contribution in [3.63, 3.8) is 0 Å². The lowest BCUT2D eigenvalue weighted by molar-refractivity contribution is -0.138. The summed E-state index contributed by atoms with van der Waals surface area (Å²) in [7, 11) is 2.14. The molecule has 4 atom stereocenters. The number of benzene rings is 1. The summed E-state index contributed by atoms with van der Waals surface area (Å²) in [6.07, 6.45) is 0.241. The van der Waals surface area contributed by atoms with Crippen LogP contribution in [0, 0.1) is 11.8 Å². The number of rotatable bonds is 7. The molecular formula is C28H37N5O4S. The number of likely N-dealkylation sites (N-methyl/N-ethyl adjacent to an activating group) is 1. The van der Waals surface area contributed by atoms with Crippen LogP contribution in [-0.2, 0) is 14.3 Å². The fourth-order valence-corrected chi connectivity index (χ4v) is 6.47. The molecule has 0 saturated carbocycles. The molecular weight excluding hydrogens is 502 g/mol. The predicted molar refractivity (Wildman–Crippen MR) is 147 cm³/mol. The molecule has 4 heterocycles. The van der Waals surface area contributed by atoms with E-state index >= 15 is 0 Å². The van der Waals surface area contributed by atoms with E-state index in [1.807, 2.05) is 32.9 Å². The molecule has 0 bridgehead atoms. The zero-order valence-corrected chi connectivity index (χ0v) is 23.4. The first-order valence-electron chi connectivity index (χ1n) is 13.5. The van der Waals surface area contributed by atoms with E-state index in [1.54, 1.807) is 28.4 Å². The molecule has 3 aliphatic rings. The van der Waals surface area contributed by atoms with E-state index in [0.717, 1.165) is 42.6 Å². The van der Waals surface area contributed by atoms with Gasteiger partial charge in [-0.05, 0) is 31.5 Å². The zero-order valence-electron chi connectivity index (χ0n) is 22.6. The highest BCUT2D eigenvalue weighted by molar-refractivity contribution is 7.14. The number of piperazine rings is 1. The average Bonchev–Trinajstić information content (AvgIpc) is 3.62. The van der Waals surface area contributed by atoms with E-state index < -0.39 is 12.1 Å². The number of likely N-dealkylation sites (tertiary alicyclic amines) is 1. The summed E-state index contributed by atoms with van der Waals surface area (Å²) < 4.78 is 5.64. The first kappa shape index (κ1) is 26.8. The van der Waals surface area contributed by atoms with E-state index in [2.05, 4.69) is 27.5 Å². The molecule has 1 aromatic heterocycles. The number of nitrogens with zero attached hydrogens (tertiary/aromatic N) is 4. The Kier molecular flexibility index (Phi) is 7.83. The van der Waals surface area contributed by atoms with Crippen molar-refractivity contribution >= 4 is 34.1 Å². The number of ketones is 1. The molecule has 10 heteroatoms. The van der Waals surface area contributed by atoms with Crippen molar-refractivity contribution in [1.82, 2.24) is 20.1 Å². The number of amides is 2. The fourth-order valence-electron chi connectivity index (χ4n) is 5.59. The van der Waals surface area contributed by atoms with Crippen molar-refractivity contribution < 1.29 is 19.1 Å². The van der Waals surface area contributed by atoms with Crippen LogP contribution in [0.5, 0.6) is 0 Å². The number of carbonyl (C=O) groups is 3. The molecule has 0 radical (unpaired) electrons. The second kappa shape index (κ2) is 11.1. The number of hydrogen-bond donors (Lipinski definition) is 1. The minimum absolute atomic E-state index is 0.0485. The highest BCUT2D eigenvalue weighted by Gasteiger charge is 2.51. The molecule has 5 rings (SSSR count). The molecule has 1 N–H and O–H groups in total. The van der Waals surface area contributed by atoms with Crippen LogP contribution < -0.4 is 10.2 Å². The van der Waals surface area contributed by atoms with Gasteiger partial charge in [0.1, 0.15) is 18.7 Å². The van der Waals surface area contributed by atoms with Gasteiger partial charge in [-0.1, -0.05) is 32.9 Å². The summed E-state index contributed by atoms with van der Waals surface area (Å²) in [4.78, 5) is 50.3. The van der Waals surface area contributed by atoms with Gasteiger partial charge in [-0.25, -0.2) is 4.98 Å². The standard InChI is InChI=1S/C28H37N5O4S/c1-17(2)13-21(27(36)33-14-18(3)25-24(33)23(34)15-37-25)29-26(35)20-7-5-19(6-8-20)22-16-38-28(30-22)32-11-9-31(4)10-12-32/h5-8,16-18,21,24-25H,9-15H2,1-4H3,(H,29,35)/t18-,21?,24+,25+/m0/s1. The van der Waals surface area contributed by atoms with Gasteiger partial charge in [-0.3, -0.25) is 14.4 Å². The third kappa shape index (κ3) is 5.48. The van der Waals surface area contributed by atoms with Gasteiger partial charge in [0.2, 0.25) is 5.91 Å². The van der Waals surface area contributed by atoms with Gasteiger partial charge in [0.15, 0.2) is 10.9 Å². The molecule has 9 nitrogen and oxygen atoms in total. The van der Waals surface area contributed by atoms with Gasteiger partial charge < -0.3 is 24.8 Å². The number of Topliss-reactive ketones (excluding diaryl/α,β-unsaturated/α-hetero) is 1. The largest absolute Gasteiger partial charge is 0.367 e. The van der Waals surface area contributed by atoms with Gasteiger partial charge in [0.25, 0.3) is 5.91 Å². The minimum atomic E-state index is -0.703. The molecule has 3 saturated heterocycles. The van der Waals surface area contributed by atoms with Gasteiger partial charge in [-0.2, -0.15) is 0 Å².